The smallest absolute Gasteiger partial charge is 0.178 e. The molecule has 0 unspecified atom stereocenters. The first-order chi connectivity index (χ1) is 18.1. The van der Waals surface area contributed by atoms with E-state index in [0.29, 0.717) is 17.6 Å². The highest BCUT2D eigenvalue weighted by molar-refractivity contribution is 5.25. The van der Waals surface area contributed by atoms with Crippen LogP contribution >= 0.6 is 0 Å². The number of unbranched alkanes of at least 4 members (excludes halogenated alkanes) is 2. The molecule has 1 aromatic rings. The molecule has 3 aliphatic carbocycles. The summed E-state index contributed by atoms with van der Waals surface area (Å²) < 4.78 is 6.28. The standard InChI is InChI=1S/C34H54O3/c1-4-28-11-13-29(14-12-28)30-15-17-31(18-16-30)32-19-23-33(24-20-32)35-25-7-5-6-8-27(3)36-37-34-21-9-26(2)10-22-34/h9-10,21-22,28-33H,3-8,11-20,23-25H2,1-2H3. The molecule has 0 N–H and O–H groups in total. The Balaban J connectivity index is 0.993. The lowest BCUT2D eigenvalue weighted by Crippen LogP contribution is -2.31. The number of aryl methyl sites for hydroxylation is 1. The van der Waals surface area contributed by atoms with Crippen LogP contribution in [-0.2, 0) is 9.62 Å². The topological polar surface area (TPSA) is 27.7 Å². The monoisotopic (exact) mass is 510 g/mol. The fourth-order valence-electron chi connectivity index (χ4n) is 7.48. The Morgan fingerprint density at radius 3 is 1.84 bits per heavy atom. The number of allylic oxidation sites excluding steroid dienone is 1. The van der Waals surface area contributed by atoms with Crippen molar-refractivity contribution in [3.63, 3.8) is 0 Å². The second-order valence-corrected chi connectivity index (χ2v) is 12.6. The van der Waals surface area contributed by atoms with Gasteiger partial charge in [0.25, 0.3) is 0 Å². The third kappa shape index (κ3) is 9.34. The van der Waals surface area contributed by atoms with E-state index in [0.717, 1.165) is 61.9 Å². The van der Waals surface area contributed by atoms with E-state index in [9.17, 15) is 0 Å². The normalized spacial score (nSPS) is 30.5. The first kappa shape index (κ1) is 28.5. The molecular formula is C34H54O3. The molecule has 37 heavy (non-hydrogen) atoms. The maximum atomic E-state index is 6.28. The minimum atomic E-state index is 0.502. The summed E-state index contributed by atoms with van der Waals surface area (Å²) in [6.45, 7) is 9.32. The van der Waals surface area contributed by atoms with Crippen LogP contribution < -0.4 is 4.89 Å². The Labute approximate surface area is 227 Å². The molecule has 3 saturated carbocycles. The van der Waals surface area contributed by atoms with E-state index in [1.165, 1.54) is 89.0 Å². The molecule has 3 aliphatic rings. The van der Waals surface area contributed by atoms with E-state index in [-0.39, 0.29) is 0 Å². The van der Waals surface area contributed by atoms with E-state index in [2.05, 4.69) is 20.4 Å². The van der Waals surface area contributed by atoms with Crippen molar-refractivity contribution in [3.8, 4) is 5.75 Å². The molecular weight excluding hydrogens is 456 g/mol. The van der Waals surface area contributed by atoms with Crippen molar-refractivity contribution in [2.45, 2.75) is 129 Å². The summed E-state index contributed by atoms with van der Waals surface area (Å²) in [6.07, 6.45) is 23.6. The highest BCUT2D eigenvalue weighted by Gasteiger charge is 2.34. The van der Waals surface area contributed by atoms with E-state index in [4.69, 9.17) is 14.5 Å². The lowest BCUT2D eigenvalue weighted by molar-refractivity contribution is -0.168. The minimum absolute atomic E-state index is 0.502. The van der Waals surface area contributed by atoms with Crippen LogP contribution in [0.2, 0.25) is 0 Å². The van der Waals surface area contributed by atoms with Crippen LogP contribution in [0.15, 0.2) is 36.6 Å². The largest absolute Gasteiger partial charge is 0.378 e. The van der Waals surface area contributed by atoms with Gasteiger partial charge in [0.1, 0.15) is 5.76 Å². The van der Waals surface area contributed by atoms with Crippen molar-refractivity contribution in [2.75, 3.05) is 6.61 Å². The van der Waals surface area contributed by atoms with Crippen LogP contribution in [0.3, 0.4) is 0 Å². The molecule has 0 radical (unpaired) electrons. The van der Waals surface area contributed by atoms with Gasteiger partial charge < -0.3 is 4.74 Å². The van der Waals surface area contributed by atoms with Crippen LogP contribution in [-0.4, -0.2) is 12.7 Å². The van der Waals surface area contributed by atoms with Gasteiger partial charge in [0.05, 0.1) is 6.10 Å². The number of hydrogen-bond acceptors (Lipinski definition) is 3. The zero-order valence-electron chi connectivity index (χ0n) is 23.9. The van der Waals surface area contributed by atoms with Crippen molar-refractivity contribution in [1.29, 1.82) is 0 Å². The molecule has 0 amide bonds. The highest BCUT2D eigenvalue weighted by atomic mass is 17.2. The summed E-state index contributed by atoms with van der Waals surface area (Å²) >= 11 is 0. The molecule has 0 heterocycles. The molecule has 4 rings (SSSR count). The zero-order valence-corrected chi connectivity index (χ0v) is 23.9. The molecule has 3 fully saturated rings. The summed E-state index contributed by atoms with van der Waals surface area (Å²) in [5, 5.41) is 0. The molecule has 0 saturated heterocycles. The van der Waals surface area contributed by atoms with E-state index in [1.807, 2.05) is 24.3 Å². The first-order valence-electron chi connectivity index (χ1n) is 15.8. The van der Waals surface area contributed by atoms with Gasteiger partial charge in [0.2, 0.25) is 0 Å². The Hall–Kier alpha value is -1.48. The Bertz CT molecular complexity index is 763. The van der Waals surface area contributed by atoms with Crippen molar-refractivity contribution in [1.82, 2.24) is 0 Å². The third-order valence-corrected chi connectivity index (χ3v) is 10.1. The third-order valence-electron chi connectivity index (χ3n) is 10.1. The fourth-order valence-corrected chi connectivity index (χ4v) is 7.48. The first-order valence-corrected chi connectivity index (χ1v) is 15.8. The van der Waals surface area contributed by atoms with Gasteiger partial charge in [-0.25, -0.2) is 0 Å². The maximum Gasteiger partial charge on any atom is 0.178 e. The molecule has 3 heteroatoms. The van der Waals surface area contributed by atoms with Crippen LogP contribution in [0.5, 0.6) is 5.75 Å². The lowest BCUT2D eigenvalue weighted by Gasteiger charge is -2.41. The average Bonchev–Trinajstić information content (AvgIpc) is 2.95. The summed E-state index contributed by atoms with van der Waals surface area (Å²) in [5.74, 6) is 6.54. The van der Waals surface area contributed by atoms with Crippen LogP contribution in [0, 0.1) is 36.5 Å². The molecule has 0 aromatic heterocycles. The Morgan fingerprint density at radius 2 is 1.27 bits per heavy atom. The molecule has 208 valence electrons. The number of benzene rings is 1. The van der Waals surface area contributed by atoms with Gasteiger partial charge in [-0.3, -0.25) is 9.78 Å². The number of ether oxygens (including phenoxy) is 1. The van der Waals surface area contributed by atoms with Gasteiger partial charge in [-0.15, -0.1) is 0 Å². The van der Waals surface area contributed by atoms with Gasteiger partial charge >= 0.3 is 0 Å². The van der Waals surface area contributed by atoms with Crippen molar-refractivity contribution < 1.29 is 14.5 Å². The maximum absolute atomic E-state index is 6.28. The van der Waals surface area contributed by atoms with Crippen LogP contribution in [0.25, 0.3) is 0 Å². The van der Waals surface area contributed by atoms with Gasteiger partial charge in [-0.05, 0) is 126 Å². The van der Waals surface area contributed by atoms with Gasteiger partial charge in [-0.2, -0.15) is 0 Å². The van der Waals surface area contributed by atoms with Gasteiger partial charge in [-0.1, -0.05) is 56.9 Å². The molecule has 0 spiro atoms. The molecule has 3 nitrogen and oxygen atoms in total. The quantitative estimate of drug-likeness (QED) is 0.114. The Morgan fingerprint density at radius 1 is 0.730 bits per heavy atom. The Kier molecular flexibility index (Phi) is 11.7. The fraction of sp³-hybridized carbons (Fsp3) is 0.765. The summed E-state index contributed by atoms with van der Waals surface area (Å²) in [7, 11) is 0. The molecule has 1 aromatic carbocycles. The molecule has 0 atom stereocenters. The summed E-state index contributed by atoms with van der Waals surface area (Å²) in [4.78, 5) is 10.7. The SMILES string of the molecule is C=C(CCCCCOC1CCC(C2CCC(C3CCC(CC)CC3)CC2)CC1)OOc1ccc(C)cc1. The van der Waals surface area contributed by atoms with Crippen molar-refractivity contribution >= 4 is 0 Å². The number of hydrogen-bond donors (Lipinski definition) is 0. The molecule has 0 bridgehead atoms. The van der Waals surface area contributed by atoms with E-state index >= 15 is 0 Å². The van der Waals surface area contributed by atoms with E-state index in [1.54, 1.807) is 0 Å². The van der Waals surface area contributed by atoms with Gasteiger partial charge in [0, 0.05) is 13.0 Å². The van der Waals surface area contributed by atoms with Gasteiger partial charge in [0.15, 0.2) is 5.75 Å². The second-order valence-electron chi connectivity index (χ2n) is 12.6. The predicted octanol–water partition coefficient (Wildman–Crippen LogP) is 9.98. The zero-order chi connectivity index (χ0) is 25.9. The predicted molar refractivity (Wildman–Crippen MR) is 153 cm³/mol. The second kappa shape index (κ2) is 15.2. The minimum Gasteiger partial charge on any atom is -0.378 e. The number of rotatable bonds is 13. The highest BCUT2D eigenvalue weighted by Crippen LogP contribution is 2.45. The van der Waals surface area contributed by atoms with Crippen molar-refractivity contribution in [3.05, 3.63) is 42.2 Å². The van der Waals surface area contributed by atoms with E-state index < -0.39 is 0 Å². The van der Waals surface area contributed by atoms with Crippen LogP contribution in [0.4, 0.5) is 0 Å². The summed E-state index contributed by atoms with van der Waals surface area (Å²) in [6, 6.07) is 7.85. The molecule has 0 aliphatic heterocycles. The average molecular weight is 511 g/mol. The summed E-state index contributed by atoms with van der Waals surface area (Å²) in [5.41, 5.74) is 1.21. The van der Waals surface area contributed by atoms with Crippen LogP contribution in [0.1, 0.15) is 122 Å². The van der Waals surface area contributed by atoms with Crippen molar-refractivity contribution in [2.24, 2.45) is 29.6 Å². The lowest BCUT2D eigenvalue weighted by atomic mass is 9.65.